The molecule has 0 spiro atoms. The number of benzene rings is 1. The van der Waals surface area contributed by atoms with E-state index in [1.54, 1.807) is 12.3 Å². The molecule has 0 unspecified atom stereocenters. The third-order valence-corrected chi connectivity index (χ3v) is 2.73. The average molecular weight is 222 g/mol. The molecule has 0 saturated heterocycles. The Morgan fingerprint density at radius 2 is 1.82 bits per heavy atom. The first kappa shape index (κ1) is 9.78. The summed E-state index contributed by atoms with van der Waals surface area (Å²) in [4.78, 5) is 18.3. The van der Waals surface area contributed by atoms with Crippen LogP contribution in [0.3, 0.4) is 0 Å². The van der Waals surface area contributed by atoms with Crippen molar-refractivity contribution in [3.63, 3.8) is 0 Å². The number of aromatic nitrogens is 2. The molecule has 3 nitrogen and oxygen atoms in total. The molecule has 0 bridgehead atoms. The van der Waals surface area contributed by atoms with Crippen molar-refractivity contribution in [2.24, 2.45) is 0 Å². The summed E-state index contributed by atoms with van der Waals surface area (Å²) in [6.07, 6.45) is 3.59. The van der Waals surface area contributed by atoms with Crippen molar-refractivity contribution >= 4 is 10.8 Å². The van der Waals surface area contributed by atoms with E-state index in [4.69, 9.17) is 0 Å². The molecule has 0 saturated carbocycles. The highest BCUT2D eigenvalue weighted by Gasteiger charge is 2.03. The molecule has 0 aliphatic carbocycles. The lowest BCUT2D eigenvalue weighted by Gasteiger charge is -2.05. The van der Waals surface area contributed by atoms with E-state index in [2.05, 4.69) is 9.97 Å². The van der Waals surface area contributed by atoms with Crippen molar-refractivity contribution in [2.45, 2.75) is 0 Å². The van der Waals surface area contributed by atoms with Crippen molar-refractivity contribution in [2.75, 3.05) is 0 Å². The van der Waals surface area contributed by atoms with Gasteiger partial charge in [-0.25, -0.2) is 0 Å². The summed E-state index contributed by atoms with van der Waals surface area (Å²) in [5, 5.41) is 2.15. The molecule has 2 aromatic heterocycles. The predicted octanol–water partition coefficient (Wildman–Crippen LogP) is 2.59. The van der Waals surface area contributed by atoms with Gasteiger partial charge in [-0.2, -0.15) is 0 Å². The monoisotopic (exact) mass is 222 g/mol. The molecule has 0 aliphatic rings. The summed E-state index contributed by atoms with van der Waals surface area (Å²) >= 11 is 0. The Bertz CT molecular complexity index is 726. The molecule has 3 aromatic rings. The first-order chi connectivity index (χ1) is 8.34. The zero-order chi connectivity index (χ0) is 11.7. The first-order valence-corrected chi connectivity index (χ1v) is 5.37. The van der Waals surface area contributed by atoms with Gasteiger partial charge in [-0.3, -0.25) is 9.78 Å². The van der Waals surface area contributed by atoms with Gasteiger partial charge in [-0.1, -0.05) is 30.3 Å². The number of H-pyrrole nitrogens is 1. The number of pyridine rings is 2. The van der Waals surface area contributed by atoms with Gasteiger partial charge in [0.15, 0.2) is 0 Å². The second kappa shape index (κ2) is 3.87. The minimum atomic E-state index is -0.101. The smallest absolute Gasteiger partial charge is 0.248 e. The Kier molecular flexibility index (Phi) is 2.22. The van der Waals surface area contributed by atoms with Crippen molar-refractivity contribution in [1.82, 2.24) is 9.97 Å². The van der Waals surface area contributed by atoms with E-state index in [9.17, 15) is 4.79 Å². The van der Waals surface area contributed by atoms with Crippen LogP contribution >= 0.6 is 0 Å². The van der Waals surface area contributed by atoms with Gasteiger partial charge in [0.05, 0.1) is 5.69 Å². The molecule has 3 heteroatoms. The Labute approximate surface area is 97.8 Å². The number of hydrogen-bond acceptors (Lipinski definition) is 2. The maximum absolute atomic E-state index is 11.3. The third-order valence-electron chi connectivity index (χ3n) is 2.73. The van der Waals surface area contributed by atoms with Gasteiger partial charge < -0.3 is 4.98 Å². The van der Waals surface area contributed by atoms with Gasteiger partial charge in [-0.15, -0.1) is 0 Å². The second-order valence-electron chi connectivity index (χ2n) is 3.84. The largest absolute Gasteiger partial charge is 0.322 e. The van der Waals surface area contributed by atoms with Crippen LogP contribution in [-0.2, 0) is 0 Å². The summed E-state index contributed by atoms with van der Waals surface area (Å²) in [6.45, 7) is 0. The lowest BCUT2D eigenvalue weighted by atomic mass is 10.1. The van der Waals surface area contributed by atoms with E-state index in [-0.39, 0.29) is 5.56 Å². The number of fused-ring (bicyclic) bond motifs is 1. The van der Waals surface area contributed by atoms with Crippen LogP contribution < -0.4 is 5.56 Å². The van der Waals surface area contributed by atoms with Crippen LogP contribution in [0.25, 0.3) is 22.0 Å². The maximum atomic E-state index is 11.3. The van der Waals surface area contributed by atoms with E-state index in [1.165, 1.54) is 6.07 Å². The van der Waals surface area contributed by atoms with E-state index in [1.807, 2.05) is 36.5 Å². The molecule has 17 heavy (non-hydrogen) atoms. The lowest BCUT2D eigenvalue weighted by molar-refractivity contribution is 1.23. The van der Waals surface area contributed by atoms with Gasteiger partial charge in [0.2, 0.25) is 5.56 Å². The zero-order valence-electron chi connectivity index (χ0n) is 9.05. The molecule has 3 rings (SSSR count). The number of nitrogens with one attached hydrogen (secondary N) is 1. The van der Waals surface area contributed by atoms with Crippen LogP contribution in [0.15, 0.2) is 59.7 Å². The number of aromatic amines is 1. The Hall–Kier alpha value is -2.42. The van der Waals surface area contributed by atoms with Gasteiger partial charge >= 0.3 is 0 Å². The molecule has 0 amide bonds. The van der Waals surface area contributed by atoms with Gasteiger partial charge in [0, 0.05) is 29.4 Å². The molecule has 0 fully saturated rings. The summed E-state index contributed by atoms with van der Waals surface area (Å²) < 4.78 is 0. The first-order valence-electron chi connectivity index (χ1n) is 5.37. The normalized spacial score (nSPS) is 10.6. The van der Waals surface area contributed by atoms with Crippen LogP contribution in [-0.4, -0.2) is 9.97 Å². The molecular weight excluding hydrogens is 212 g/mol. The fourth-order valence-corrected chi connectivity index (χ4v) is 1.94. The average Bonchev–Trinajstić information content (AvgIpc) is 2.38. The molecule has 0 radical (unpaired) electrons. The van der Waals surface area contributed by atoms with Gasteiger partial charge in [0.1, 0.15) is 0 Å². The predicted molar refractivity (Wildman–Crippen MR) is 67.8 cm³/mol. The fourth-order valence-electron chi connectivity index (χ4n) is 1.94. The van der Waals surface area contributed by atoms with Crippen LogP contribution in [0, 0.1) is 0 Å². The molecule has 82 valence electrons. The molecule has 2 heterocycles. The Morgan fingerprint density at radius 3 is 2.71 bits per heavy atom. The van der Waals surface area contributed by atoms with Crippen LogP contribution in [0.2, 0.25) is 0 Å². The van der Waals surface area contributed by atoms with E-state index in [0.29, 0.717) is 0 Å². The topological polar surface area (TPSA) is 45.8 Å². The molecular formula is C14H10N2O. The molecule has 0 atom stereocenters. The second-order valence-corrected chi connectivity index (χ2v) is 3.84. The van der Waals surface area contributed by atoms with Crippen molar-refractivity contribution in [3.8, 4) is 11.3 Å². The van der Waals surface area contributed by atoms with Crippen LogP contribution in [0.4, 0.5) is 0 Å². The van der Waals surface area contributed by atoms with Gasteiger partial charge in [-0.05, 0) is 11.5 Å². The highest BCUT2D eigenvalue weighted by atomic mass is 16.1. The van der Waals surface area contributed by atoms with Crippen LogP contribution in [0.1, 0.15) is 0 Å². The summed E-state index contributed by atoms with van der Waals surface area (Å²) in [5.41, 5.74) is 1.64. The standard InChI is InChI=1S/C14H10N2O/c17-14-7-3-6-13(16-14)12-9-15-8-10-4-1-2-5-11(10)12/h1-9H,(H,16,17). The Morgan fingerprint density at radius 1 is 0.941 bits per heavy atom. The highest BCUT2D eigenvalue weighted by Crippen LogP contribution is 2.24. The SMILES string of the molecule is O=c1cccc(-c2cncc3ccccc23)[nH]1. The summed E-state index contributed by atoms with van der Waals surface area (Å²) in [6, 6.07) is 13.1. The highest BCUT2D eigenvalue weighted by molar-refractivity contribution is 5.94. The molecule has 1 N–H and O–H groups in total. The van der Waals surface area contributed by atoms with E-state index in [0.717, 1.165) is 22.0 Å². The van der Waals surface area contributed by atoms with Crippen molar-refractivity contribution < 1.29 is 0 Å². The fraction of sp³-hybridized carbons (Fsp3) is 0. The number of nitrogens with zero attached hydrogens (tertiary/aromatic N) is 1. The molecule has 1 aromatic carbocycles. The van der Waals surface area contributed by atoms with E-state index >= 15 is 0 Å². The zero-order valence-corrected chi connectivity index (χ0v) is 9.05. The van der Waals surface area contributed by atoms with E-state index < -0.39 is 0 Å². The quantitative estimate of drug-likeness (QED) is 0.687. The summed E-state index contributed by atoms with van der Waals surface area (Å²) in [5.74, 6) is 0. The molecule has 0 aliphatic heterocycles. The van der Waals surface area contributed by atoms with Crippen LogP contribution in [0.5, 0.6) is 0 Å². The third kappa shape index (κ3) is 1.72. The minimum absolute atomic E-state index is 0.101. The van der Waals surface area contributed by atoms with Gasteiger partial charge in [0.25, 0.3) is 0 Å². The number of rotatable bonds is 1. The maximum Gasteiger partial charge on any atom is 0.248 e. The summed E-state index contributed by atoms with van der Waals surface area (Å²) in [7, 11) is 0. The van der Waals surface area contributed by atoms with Crippen molar-refractivity contribution in [3.05, 3.63) is 65.2 Å². The Balaban J connectivity index is 2.34. The van der Waals surface area contributed by atoms with Crippen molar-refractivity contribution in [1.29, 1.82) is 0 Å². The number of hydrogen-bond donors (Lipinski definition) is 1. The minimum Gasteiger partial charge on any atom is -0.322 e. The lowest BCUT2D eigenvalue weighted by Crippen LogP contribution is -2.03.